The van der Waals surface area contributed by atoms with Gasteiger partial charge in [-0.15, -0.1) is 0 Å². The van der Waals surface area contributed by atoms with Gasteiger partial charge in [0, 0.05) is 19.4 Å². The van der Waals surface area contributed by atoms with E-state index in [1.807, 2.05) is 0 Å². The van der Waals surface area contributed by atoms with Gasteiger partial charge in [-0.2, -0.15) is 0 Å². The van der Waals surface area contributed by atoms with Crippen LogP contribution in [0.3, 0.4) is 0 Å². The van der Waals surface area contributed by atoms with Crippen LogP contribution in [0.4, 0.5) is 0 Å². The lowest BCUT2D eigenvalue weighted by Crippen LogP contribution is -2.29. The molecule has 0 aliphatic rings. The monoisotopic (exact) mass is 1090 g/mol. The van der Waals surface area contributed by atoms with E-state index in [0.717, 1.165) is 51.4 Å². The Hall–Kier alpha value is -1.77. The Bertz CT molecular complexity index is 1340. The molecular weight excluding hydrogens is 966 g/mol. The average Bonchev–Trinajstić information content (AvgIpc) is 3.41. The second kappa shape index (κ2) is 62.4. The standard InChI is InChI=1S/C66H126NO8P/c1-3-5-7-9-11-13-15-17-19-21-23-25-27-29-30-31-32-33-35-36-38-40-42-44-46-48-50-52-54-56-58-65(68)72-62-64(63-74-76(70,71)73-61-60-67)75-66(69)59-57-55-53-51-49-47-45-43-41-39-37-34-28-26-24-22-20-18-16-14-12-10-8-6-4-2/h16,18,22,24,28,34,64H,3-15,17,19-21,23,25-27,29-33,35-63,67H2,1-2H3,(H,70,71)/b18-16-,24-22-,34-28-. The molecule has 2 atom stereocenters. The zero-order valence-electron chi connectivity index (χ0n) is 50.3. The van der Waals surface area contributed by atoms with Gasteiger partial charge in [-0.05, 0) is 51.4 Å². The third-order valence-electron chi connectivity index (χ3n) is 14.8. The highest BCUT2D eigenvalue weighted by Crippen LogP contribution is 2.43. The van der Waals surface area contributed by atoms with Crippen LogP contribution in [0.2, 0.25) is 0 Å². The topological polar surface area (TPSA) is 134 Å². The van der Waals surface area contributed by atoms with Crippen molar-refractivity contribution >= 4 is 19.8 Å². The summed E-state index contributed by atoms with van der Waals surface area (Å²) < 4.78 is 33.1. The predicted molar refractivity (Wildman–Crippen MR) is 326 cm³/mol. The number of hydrogen-bond acceptors (Lipinski definition) is 8. The molecule has 0 bridgehead atoms. The summed E-state index contributed by atoms with van der Waals surface area (Å²) in [5.41, 5.74) is 5.39. The summed E-state index contributed by atoms with van der Waals surface area (Å²) in [5, 5.41) is 0. The van der Waals surface area contributed by atoms with Crippen LogP contribution < -0.4 is 5.73 Å². The molecule has 0 aromatic rings. The van der Waals surface area contributed by atoms with Crippen molar-refractivity contribution in [3.05, 3.63) is 36.5 Å². The molecular formula is C66H126NO8P. The molecule has 448 valence electrons. The molecule has 0 saturated heterocycles. The number of carbonyl (C=O) groups excluding carboxylic acids is 2. The van der Waals surface area contributed by atoms with Gasteiger partial charge in [0.05, 0.1) is 13.2 Å². The Morgan fingerprint density at radius 1 is 0.395 bits per heavy atom. The number of rotatable bonds is 63. The number of carbonyl (C=O) groups is 2. The number of ether oxygens (including phenoxy) is 2. The van der Waals surface area contributed by atoms with Crippen LogP contribution in [0.1, 0.15) is 341 Å². The molecule has 76 heavy (non-hydrogen) atoms. The zero-order valence-corrected chi connectivity index (χ0v) is 51.2. The quantitative estimate of drug-likeness (QED) is 0.0264. The van der Waals surface area contributed by atoms with Crippen LogP contribution in [0.15, 0.2) is 36.5 Å². The normalized spacial score (nSPS) is 13.2. The van der Waals surface area contributed by atoms with E-state index < -0.39 is 26.5 Å². The fourth-order valence-corrected chi connectivity index (χ4v) is 10.6. The summed E-state index contributed by atoms with van der Waals surface area (Å²) in [7, 11) is -4.39. The van der Waals surface area contributed by atoms with E-state index in [-0.39, 0.29) is 38.6 Å². The maximum atomic E-state index is 12.7. The molecule has 0 spiro atoms. The fourth-order valence-electron chi connectivity index (χ4n) is 9.88. The molecule has 0 heterocycles. The lowest BCUT2D eigenvalue weighted by atomic mass is 10.0. The molecule has 3 N–H and O–H groups in total. The summed E-state index contributed by atoms with van der Waals surface area (Å²) in [6.45, 7) is 3.79. The molecule has 10 heteroatoms. The van der Waals surface area contributed by atoms with Gasteiger partial charge in [0.25, 0.3) is 0 Å². The van der Waals surface area contributed by atoms with Gasteiger partial charge in [0.1, 0.15) is 6.61 Å². The predicted octanol–water partition coefficient (Wildman–Crippen LogP) is 21.1. The Morgan fingerprint density at radius 2 is 0.684 bits per heavy atom. The molecule has 2 unspecified atom stereocenters. The average molecular weight is 1090 g/mol. The molecule has 0 amide bonds. The van der Waals surface area contributed by atoms with Crippen molar-refractivity contribution in [3.8, 4) is 0 Å². The summed E-state index contributed by atoms with van der Waals surface area (Å²) in [4.78, 5) is 35.3. The maximum absolute atomic E-state index is 12.7. The Kier molecular flexibility index (Phi) is 61.0. The molecule has 9 nitrogen and oxygen atoms in total. The van der Waals surface area contributed by atoms with E-state index in [1.165, 1.54) is 257 Å². The Balaban J connectivity index is 3.87. The van der Waals surface area contributed by atoms with Crippen molar-refractivity contribution < 1.29 is 37.6 Å². The minimum absolute atomic E-state index is 0.0540. The third-order valence-corrected chi connectivity index (χ3v) is 15.8. The van der Waals surface area contributed by atoms with Crippen LogP contribution in [0.5, 0.6) is 0 Å². The number of unbranched alkanes of at least 4 members (excludes halogenated alkanes) is 44. The zero-order chi connectivity index (χ0) is 55.2. The first-order chi connectivity index (χ1) is 37.3. The molecule has 0 rings (SSSR count). The number of esters is 2. The molecule has 0 aromatic heterocycles. The van der Waals surface area contributed by atoms with Gasteiger partial charge >= 0.3 is 19.8 Å². The largest absolute Gasteiger partial charge is 0.472 e. The molecule has 0 aromatic carbocycles. The Labute approximate surface area is 471 Å². The SMILES string of the molecule is CCCCCCC/C=C\C/C=C\C/C=C\CCCCCCCCCCCCC(=O)OC(COC(=O)CCCCCCCCCCCCCCCCCCCCCCCCCCCCCCCC)COP(=O)(O)OCCN. The number of allylic oxidation sites excluding steroid dienone is 6. The lowest BCUT2D eigenvalue weighted by Gasteiger charge is -2.19. The van der Waals surface area contributed by atoms with Crippen LogP contribution in [0.25, 0.3) is 0 Å². The molecule has 0 aliphatic carbocycles. The van der Waals surface area contributed by atoms with Gasteiger partial charge < -0.3 is 20.1 Å². The van der Waals surface area contributed by atoms with E-state index >= 15 is 0 Å². The molecule has 0 aliphatic heterocycles. The van der Waals surface area contributed by atoms with E-state index in [9.17, 15) is 19.0 Å². The summed E-state index contributed by atoms with van der Waals surface area (Å²) in [6, 6.07) is 0. The smallest absolute Gasteiger partial charge is 0.462 e. The number of nitrogens with two attached hydrogens (primary N) is 1. The minimum Gasteiger partial charge on any atom is -0.462 e. The second-order valence-electron chi connectivity index (χ2n) is 22.3. The van der Waals surface area contributed by atoms with Crippen molar-refractivity contribution in [2.75, 3.05) is 26.4 Å². The van der Waals surface area contributed by atoms with Crippen LogP contribution in [0, 0.1) is 0 Å². The third kappa shape index (κ3) is 61.4. The lowest BCUT2D eigenvalue weighted by molar-refractivity contribution is -0.161. The van der Waals surface area contributed by atoms with Crippen molar-refractivity contribution in [1.82, 2.24) is 0 Å². The maximum Gasteiger partial charge on any atom is 0.472 e. The minimum atomic E-state index is -4.39. The second-order valence-corrected chi connectivity index (χ2v) is 23.8. The van der Waals surface area contributed by atoms with E-state index in [2.05, 4.69) is 50.3 Å². The molecule has 0 radical (unpaired) electrons. The summed E-state index contributed by atoms with van der Waals surface area (Å²) in [5.74, 6) is -0.814. The molecule has 0 fully saturated rings. The highest BCUT2D eigenvalue weighted by Gasteiger charge is 2.26. The van der Waals surface area contributed by atoms with Gasteiger partial charge in [0.15, 0.2) is 6.10 Å². The summed E-state index contributed by atoms with van der Waals surface area (Å²) in [6.07, 6.45) is 76.6. The molecule has 0 saturated carbocycles. The van der Waals surface area contributed by atoms with Gasteiger partial charge in [0.2, 0.25) is 0 Å². The van der Waals surface area contributed by atoms with Gasteiger partial charge in [-0.3, -0.25) is 18.6 Å². The van der Waals surface area contributed by atoms with Crippen molar-refractivity contribution in [3.63, 3.8) is 0 Å². The number of phosphoric acid groups is 1. The fraction of sp³-hybridized carbons (Fsp3) is 0.879. The van der Waals surface area contributed by atoms with E-state index in [0.29, 0.717) is 6.42 Å². The highest BCUT2D eigenvalue weighted by molar-refractivity contribution is 7.47. The number of phosphoric ester groups is 1. The van der Waals surface area contributed by atoms with Crippen LogP contribution in [-0.2, 0) is 32.7 Å². The van der Waals surface area contributed by atoms with E-state index in [4.69, 9.17) is 24.3 Å². The van der Waals surface area contributed by atoms with Crippen LogP contribution in [-0.4, -0.2) is 49.3 Å². The van der Waals surface area contributed by atoms with Crippen molar-refractivity contribution in [2.45, 2.75) is 347 Å². The first kappa shape index (κ1) is 74.2. The number of hydrogen-bond donors (Lipinski definition) is 2. The van der Waals surface area contributed by atoms with E-state index in [1.54, 1.807) is 0 Å². The van der Waals surface area contributed by atoms with Crippen LogP contribution >= 0.6 is 7.82 Å². The van der Waals surface area contributed by atoms with Gasteiger partial charge in [-0.1, -0.05) is 314 Å². The van der Waals surface area contributed by atoms with Crippen molar-refractivity contribution in [2.24, 2.45) is 5.73 Å². The first-order valence-corrected chi connectivity index (χ1v) is 34.5. The first-order valence-electron chi connectivity index (χ1n) is 33.0. The Morgan fingerprint density at radius 3 is 1.01 bits per heavy atom. The summed E-state index contributed by atoms with van der Waals surface area (Å²) >= 11 is 0. The highest BCUT2D eigenvalue weighted by atomic mass is 31.2. The van der Waals surface area contributed by atoms with Gasteiger partial charge in [-0.25, -0.2) is 4.57 Å². The van der Waals surface area contributed by atoms with Crippen molar-refractivity contribution in [1.29, 1.82) is 0 Å².